The highest BCUT2D eigenvalue weighted by atomic mass is 35.5. The van der Waals surface area contributed by atoms with Gasteiger partial charge in [0.25, 0.3) is 11.8 Å². The first-order valence-electron chi connectivity index (χ1n) is 7.10. The van der Waals surface area contributed by atoms with Gasteiger partial charge in [-0.2, -0.15) is 0 Å². The number of nitrogens with one attached hydrogen (secondary N) is 1. The predicted octanol–water partition coefficient (Wildman–Crippen LogP) is 3.17. The molecular formula is C17H12Cl2N2O4. The Hall–Kier alpha value is -2.70. The molecule has 2 N–H and O–H groups in total. The lowest BCUT2D eigenvalue weighted by Crippen LogP contribution is -2.35. The number of rotatable bonds is 3. The minimum absolute atomic E-state index is 0.0377. The van der Waals surface area contributed by atoms with Gasteiger partial charge in [-0.15, -0.1) is 0 Å². The Morgan fingerprint density at radius 1 is 1.12 bits per heavy atom. The second-order valence-corrected chi connectivity index (χ2v) is 5.98. The van der Waals surface area contributed by atoms with Crippen molar-refractivity contribution >= 4 is 46.8 Å². The maximum atomic E-state index is 12.6. The summed E-state index contributed by atoms with van der Waals surface area (Å²) in [5, 5.41) is 11.3. The van der Waals surface area contributed by atoms with Crippen molar-refractivity contribution in [1.82, 2.24) is 5.43 Å². The molecule has 0 aromatic heterocycles. The van der Waals surface area contributed by atoms with Crippen LogP contribution in [0.5, 0.6) is 11.5 Å². The zero-order valence-electron chi connectivity index (χ0n) is 12.9. The number of carbonyl (C=O) groups excluding carboxylic acids is 2. The first-order chi connectivity index (χ1) is 11.9. The lowest BCUT2D eigenvalue weighted by Gasteiger charge is -2.15. The van der Waals surface area contributed by atoms with Crippen molar-refractivity contribution in [2.45, 2.75) is 0 Å². The van der Waals surface area contributed by atoms with Gasteiger partial charge in [-0.3, -0.25) is 15.0 Å². The summed E-state index contributed by atoms with van der Waals surface area (Å²) >= 11 is 11.8. The van der Waals surface area contributed by atoms with E-state index in [1.807, 2.05) is 0 Å². The average molecular weight is 379 g/mol. The summed E-state index contributed by atoms with van der Waals surface area (Å²) in [7, 11) is 1.41. The van der Waals surface area contributed by atoms with Gasteiger partial charge in [0.15, 0.2) is 11.5 Å². The van der Waals surface area contributed by atoms with Crippen molar-refractivity contribution in [3.63, 3.8) is 0 Å². The van der Waals surface area contributed by atoms with E-state index < -0.39 is 11.8 Å². The van der Waals surface area contributed by atoms with Crippen molar-refractivity contribution in [3.05, 3.63) is 57.6 Å². The lowest BCUT2D eigenvalue weighted by molar-refractivity contribution is -0.117. The molecule has 0 spiro atoms. The Bertz CT molecular complexity index is 912. The van der Waals surface area contributed by atoms with Gasteiger partial charge >= 0.3 is 0 Å². The third-order valence-corrected chi connectivity index (χ3v) is 4.31. The molecule has 2 aromatic rings. The number of hydrogen-bond donors (Lipinski definition) is 2. The number of phenolic OH excluding ortho intramolecular Hbond substituents is 1. The number of halogens is 2. The van der Waals surface area contributed by atoms with Crippen molar-refractivity contribution in [3.8, 4) is 11.5 Å². The van der Waals surface area contributed by atoms with E-state index in [2.05, 4.69) is 5.43 Å². The number of hydrogen-bond acceptors (Lipinski definition) is 4. The SMILES string of the molecule is COc1cc(/C=C2\C(=O)NN(c3ccc(Cl)c(Cl)c3)C2=O)ccc1O. The largest absolute Gasteiger partial charge is 0.504 e. The molecule has 2 aromatic carbocycles. The van der Waals surface area contributed by atoms with Gasteiger partial charge in [0.2, 0.25) is 0 Å². The van der Waals surface area contributed by atoms with Gasteiger partial charge in [0.1, 0.15) is 5.57 Å². The first kappa shape index (κ1) is 17.1. The van der Waals surface area contributed by atoms with E-state index in [0.717, 1.165) is 5.01 Å². The fourth-order valence-electron chi connectivity index (χ4n) is 2.31. The third-order valence-electron chi connectivity index (χ3n) is 3.57. The van der Waals surface area contributed by atoms with Crippen molar-refractivity contribution in [2.24, 2.45) is 0 Å². The molecule has 0 radical (unpaired) electrons. The molecule has 0 atom stereocenters. The average Bonchev–Trinajstić information content (AvgIpc) is 2.87. The second kappa shape index (κ2) is 6.66. The van der Waals surface area contributed by atoms with Crippen molar-refractivity contribution in [1.29, 1.82) is 0 Å². The number of aromatic hydroxyl groups is 1. The molecule has 25 heavy (non-hydrogen) atoms. The van der Waals surface area contributed by atoms with Gasteiger partial charge in [-0.05, 0) is 42.0 Å². The second-order valence-electron chi connectivity index (χ2n) is 5.17. The van der Waals surface area contributed by atoms with E-state index in [1.54, 1.807) is 12.1 Å². The van der Waals surface area contributed by atoms with Gasteiger partial charge in [0.05, 0.1) is 22.8 Å². The van der Waals surface area contributed by atoms with E-state index in [-0.39, 0.29) is 22.1 Å². The van der Waals surface area contributed by atoms with Gasteiger partial charge < -0.3 is 9.84 Å². The fourth-order valence-corrected chi connectivity index (χ4v) is 2.61. The summed E-state index contributed by atoms with van der Waals surface area (Å²) < 4.78 is 5.02. The standard InChI is InChI=1S/C17H12Cl2N2O4/c1-25-15-7-9(2-5-14(15)22)6-11-16(23)20-21(17(11)24)10-3-4-12(18)13(19)8-10/h2-8,22H,1H3,(H,20,23)/b11-6+. The van der Waals surface area contributed by atoms with Crippen LogP contribution in [-0.4, -0.2) is 24.0 Å². The third kappa shape index (κ3) is 3.26. The van der Waals surface area contributed by atoms with E-state index >= 15 is 0 Å². The Morgan fingerprint density at radius 2 is 1.88 bits per heavy atom. The van der Waals surface area contributed by atoms with E-state index in [4.69, 9.17) is 27.9 Å². The maximum Gasteiger partial charge on any atom is 0.282 e. The summed E-state index contributed by atoms with van der Waals surface area (Å²) in [6, 6.07) is 9.08. The Balaban J connectivity index is 1.94. The quantitative estimate of drug-likeness (QED) is 0.634. The molecule has 3 rings (SSSR count). The van der Waals surface area contributed by atoms with E-state index in [9.17, 15) is 14.7 Å². The molecule has 0 saturated carbocycles. The Labute approximate surface area is 153 Å². The van der Waals surface area contributed by atoms with Crippen LogP contribution in [0.3, 0.4) is 0 Å². The number of carbonyl (C=O) groups is 2. The topological polar surface area (TPSA) is 78.9 Å². The molecule has 0 bridgehead atoms. The molecule has 2 amide bonds. The van der Waals surface area contributed by atoms with Gasteiger partial charge in [-0.25, -0.2) is 5.01 Å². The lowest BCUT2D eigenvalue weighted by atomic mass is 10.1. The molecule has 1 fully saturated rings. The van der Waals surface area contributed by atoms with Crippen LogP contribution in [0, 0.1) is 0 Å². The normalized spacial score (nSPS) is 15.6. The minimum atomic E-state index is -0.553. The van der Waals surface area contributed by atoms with Crippen LogP contribution < -0.4 is 15.2 Å². The molecule has 1 aliphatic rings. The molecule has 128 valence electrons. The van der Waals surface area contributed by atoms with Gasteiger partial charge in [-0.1, -0.05) is 29.3 Å². The van der Waals surface area contributed by atoms with E-state index in [1.165, 1.54) is 37.5 Å². The highest BCUT2D eigenvalue weighted by Crippen LogP contribution is 2.30. The smallest absolute Gasteiger partial charge is 0.282 e. The Kier molecular flexibility index (Phi) is 4.57. The highest BCUT2D eigenvalue weighted by molar-refractivity contribution is 6.42. The highest BCUT2D eigenvalue weighted by Gasteiger charge is 2.34. The van der Waals surface area contributed by atoms with Crippen LogP contribution in [0.4, 0.5) is 5.69 Å². The molecule has 6 nitrogen and oxygen atoms in total. The first-order valence-corrected chi connectivity index (χ1v) is 7.85. The number of nitrogens with zero attached hydrogens (tertiary/aromatic N) is 1. The van der Waals surface area contributed by atoms with E-state index in [0.29, 0.717) is 16.3 Å². The number of methoxy groups -OCH3 is 1. The summed E-state index contributed by atoms with van der Waals surface area (Å²) in [5.74, 6) is -0.885. The molecule has 8 heteroatoms. The van der Waals surface area contributed by atoms with Crippen molar-refractivity contribution in [2.75, 3.05) is 12.1 Å². The number of benzene rings is 2. The Morgan fingerprint density at radius 3 is 2.56 bits per heavy atom. The predicted molar refractivity (Wildman–Crippen MR) is 94.7 cm³/mol. The maximum absolute atomic E-state index is 12.6. The van der Waals surface area contributed by atoms with Crippen LogP contribution >= 0.6 is 23.2 Å². The zero-order chi connectivity index (χ0) is 18.1. The van der Waals surface area contributed by atoms with Crippen molar-refractivity contribution < 1.29 is 19.4 Å². The number of amides is 2. The van der Waals surface area contributed by atoms with Crippen LogP contribution in [-0.2, 0) is 9.59 Å². The summed E-state index contributed by atoms with van der Waals surface area (Å²) in [4.78, 5) is 24.7. The van der Waals surface area contributed by atoms with Crippen LogP contribution in [0.1, 0.15) is 5.56 Å². The van der Waals surface area contributed by atoms with Crippen LogP contribution in [0.2, 0.25) is 10.0 Å². The summed E-state index contributed by atoms with van der Waals surface area (Å²) in [6.07, 6.45) is 1.41. The minimum Gasteiger partial charge on any atom is -0.504 e. The number of anilines is 1. The molecule has 0 unspecified atom stereocenters. The monoisotopic (exact) mass is 378 g/mol. The van der Waals surface area contributed by atoms with Gasteiger partial charge in [0, 0.05) is 0 Å². The molecule has 1 aliphatic heterocycles. The molecular weight excluding hydrogens is 367 g/mol. The number of phenols is 1. The molecule has 1 heterocycles. The van der Waals surface area contributed by atoms with Crippen LogP contribution in [0.25, 0.3) is 6.08 Å². The summed E-state index contributed by atoms with van der Waals surface area (Å²) in [5.41, 5.74) is 3.33. The number of ether oxygens (including phenoxy) is 1. The molecule has 1 saturated heterocycles. The van der Waals surface area contributed by atoms with Crippen LogP contribution in [0.15, 0.2) is 42.0 Å². The number of hydrazine groups is 1. The zero-order valence-corrected chi connectivity index (χ0v) is 14.4. The molecule has 0 aliphatic carbocycles. The summed E-state index contributed by atoms with van der Waals surface area (Å²) in [6.45, 7) is 0. The fraction of sp³-hybridized carbons (Fsp3) is 0.0588.